The van der Waals surface area contributed by atoms with Crippen LogP contribution >= 0.6 is 0 Å². The highest BCUT2D eigenvalue weighted by Crippen LogP contribution is 2.32. The van der Waals surface area contributed by atoms with Gasteiger partial charge in [0.1, 0.15) is 0 Å². The fourth-order valence-electron chi connectivity index (χ4n) is 3.00. The van der Waals surface area contributed by atoms with Gasteiger partial charge in [-0.3, -0.25) is 4.31 Å². The summed E-state index contributed by atoms with van der Waals surface area (Å²) in [4.78, 5) is 11.5. The molecule has 0 atom stereocenters. The van der Waals surface area contributed by atoms with E-state index in [1.807, 2.05) is 24.3 Å². The van der Waals surface area contributed by atoms with Gasteiger partial charge in [-0.15, -0.1) is 0 Å². The average Bonchev–Trinajstić information content (AvgIpc) is 3.07. The SMILES string of the molecule is CCOC(=O)NCCc1ccc(S(=O)(=O)N2CCc3ccccc32)cc1. The number of para-hydroxylation sites is 1. The summed E-state index contributed by atoms with van der Waals surface area (Å²) in [6, 6.07) is 14.4. The molecule has 1 N–H and O–H groups in total. The van der Waals surface area contributed by atoms with Crippen LogP contribution in [0.5, 0.6) is 0 Å². The van der Waals surface area contributed by atoms with Crippen LogP contribution in [0, 0.1) is 0 Å². The van der Waals surface area contributed by atoms with Crippen molar-refractivity contribution in [2.24, 2.45) is 0 Å². The summed E-state index contributed by atoms with van der Waals surface area (Å²) in [5.41, 5.74) is 2.76. The number of rotatable bonds is 6. The Labute approximate surface area is 153 Å². The molecule has 0 aromatic heterocycles. The van der Waals surface area contributed by atoms with E-state index in [1.165, 1.54) is 4.31 Å². The molecular weight excluding hydrogens is 352 g/mol. The molecule has 0 unspecified atom stereocenters. The van der Waals surface area contributed by atoms with Gasteiger partial charge in [-0.05, 0) is 49.1 Å². The van der Waals surface area contributed by atoms with Crippen molar-refractivity contribution in [1.29, 1.82) is 0 Å². The second-order valence-electron chi connectivity index (χ2n) is 6.00. The van der Waals surface area contributed by atoms with Crippen LogP contribution < -0.4 is 9.62 Å². The van der Waals surface area contributed by atoms with Crippen molar-refractivity contribution in [2.45, 2.75) is 24.7 Å². The minimum atomic E-state index is -3.57. The third-order valence-corrected chi connectivity index (χ3v) is 6.14. The van der Waals surface area contributed by atoms with Crippen LogP contribution in [0.1, 0.15) is 18.1 Å². The fraction of sp³-hybridized carbons (Fsp3) is 0.316. The number of sulfonamides is 1. The Morgan fingerprint density at radius 2 is 1.88 bits per heavy atom. The Kier molecular flexibility index (Phi) is 5.46. The van der Waals surface area contributed by atoms with Gasteiger partial charge in [-0.1, -0.05) is 30.3 Å². The number of hydrogen-bond acceptors (Lipinski definition) is 4. The summed E-state index contributed by atoms with van der Waals surface area (Å²) in [6.45, 7) is 2.98. The number of benzene rings is 2. The first-order chi connectivity index (χ1) is 12.5. The van der Waals surface area contributed by atoms with Crippen LogP contribution in [0.3, 0.4) is 0 Å². The lowest BCUT2D eigenvalue weighted by Crippen LogP contribution is -2.29. The Hall–Kier alpha value is -2.54. The van der Waals surface area contributed by atoms with E-state index in [-0.39, 0.29) is 4.90 Å². The molecule has 0 saturated carbocycles. The molecular formula is C19H22N2O4S. The number of alkyl carbamates (subject to hydrolysis) is 1. The number of anilines is 1. The minimum Gasteiger partial charge on any atom is -0.450 e. The smallest absolute Gasteiger partial charge is 0.407 e. The predicted octanol–water partition coefficient (Wildman–Crippen LogP) is 2.73. The van der Waals surface area contributed by atoms with Crippen molar-refractivity contribution < 1.29 is 17.9 Å². The lowest BCUT2D eigenvalue weighted by Gasteiger charge is -2.19. The normalized spacial score (nSPS) is 13.3. The average molecular weight is 374 g/mol. The maximum atomic E-state index is 12.9. The van der Waals surface area contributed by atoms with Gasteiger partial charge in [0.05, 0.1) is 17.2 Å². The highest BCUT2D eigenvalue weighted by Gasteiger charge is 2.30. The van der Waals surface area contributed by atoms with E-state index in [9.17, 15) is 13.2 Å². The van der Waals surface area contributed by atoms with Crippen molar-refractivity contribution in [3.63, 3.8) is 0 Å². The van der Waals surface area contributed by atoms with E-state index in [0.717, 1.165) is 23.2 Å². The first kappa shape index (κ1) is 18.3. The Morgan fingerprint density at radius 3 is 2.62 bits per heavy atom. The minimum absolute atomic E-state index is 0.274. The maximum Gasteiger partial charge on any atom is 0.407 e. The van der Waals surface area contributed by atoms with Crippen LogP contribution in [-0.4, -0.2) is 34.2 Å². The van der Waals surface area contributed by atoms with E-state index in [2.05, 4.69) is 5.32 Å². The van der Waals surface area contributed by atoms with Crippen LogP contribution in [0.25, 0.3) is 0 Å². The molecule has 1 amide bonds. The summed E-state index contributed by atoms with van der Waals surface area (Å²) in [5, 5.41) is 2.65. The van der Waals surface area contributed by atoms with Gasteiger partial charge in [0.2, 0.25) is 0 Å². The van der Waals surface area contributed by atoms with Crippen molar-refractivity contribution >= 4 is 21.8 Å². The first-order valence-electron chi connectivity index (χ1n) is 8.62. The predicted molar refractivity (Wildman–Crippen MR) is 99.8 cm³/mol. The summed E-state index contributed by atoms with van der Waals surface area (Å²) >= 11 is 0. The topological polar surface area (TPSA) is 75.7 Å². The second kappa shape index (κ2) is 7.78. The summed E-state index contributed by atoms with van der Waals surface area (Å²) in [6.07, 6.45) is 0.887. The zero-order chi connectivity index (χ0) is 18.6. The number of carbonyl (C=O) groups is 1. The third-order valence-electron chi connectivity index (χ3n) is 4.31. The molecule has 7 heteroatoms. The van der Waals surface area contributed by atoms with Crippen molar-refractivity contribution in [1.82, 2.24) is 5.32 Å². The molecule has 0 aliphatic carbocycles. The number of amides is 1. The number of carbonyl (C=O) groups excluding carboxylic acids is 1. The summed E-state index contributed by atoms with van der Waals surface area (Å²) in [7, 11) is -3.57. The van der Waals surface area contributed by atoms with Gasteiger partial charge in [-0.25, -0.2) is 13.2 Å². The van der Waals surface area contributed by atoms with Crippen LogP contribution in [0.15, 0.2) is 53.4 Å². The number of nitrogens with one attached hydrogen (secondary N) is 1. The number of hydrogen-bond donors (Lipinski definition) is 1. The van der Waals surface area contributed by atoms with Crippen molar-refractivity contribution in [3.05, 3.63) is 59.7 Å². The van der Waals surface area contributed by atoms with E-state index in [4.69, 9.17) is 4.74 Å². The van der Waals surface area contributed by atoms with Crippen LogP contribution in [0.2, 0.25) is 0 Å². The fourth-order valence-corrected chi connectivity index (χ4v) is 4.51. The van der Waals surface area contributed by atoms with Gasteiger partial charge < -0.3 is 10.1 Å². The summed E-state index contributed by atoms with van der Waals surface area (Å²) in [5.74, 6) is 0. The molecule has 1 heterocycles. The van der Waals surface area contributed by atoms with E-state index in [0.29, 0.717) is 26.1 Å². The Bertz CT molecular complexity index is 879. The zero-order valence-corrected chi connectivity index (χ0v) is 15.5. The largest absolute Gasteiger partial charge is 0.450 e. The number of fused-ring (bicyclic) bond motifs is 1. The molecule has 26 heavy (non-hydrogen) atoms. The molecule has 0 spiro atoms. The molecule has 6 nitrogen and oxygen atoms in total. The maximum absolute atomic E-state index is 12.9. The molecule has 1 aliphatic rings. The highest BCUT2D eigenvalue weighted by molar-refractivity contribution is 7.92. The monoisotopic (exact) mass is 374 g/mol. The van der Waals surface area contributed by atoms with E-state index < -0.39 is 16.1 Å². The van der Waals surface area contributed by atoms with Crippen molar-refractivity contribution in [3.8, 4) is 0 Å². The third kappa shape index (κ3) is 3.83. The van der Waals surface area contributed by atoms with Gasteiger partial charge in [0.15, 0.2) is 0 Å². The number of nitrogens with zero attached hydrogens (tertiary/aromatic N) is 1. The molecule has 0 radical (unpaired) electrons. The molecule has 138 valence electrons. The number of ether oxygens (including phenoxy) is 1. The molecule has 2 aromatic carbocycles. The first-order valence-corrected chi connectivity index (χ1v) is 10.1. The van der Waals surface area contributed by atoms with Crippen molar-refractivity contribution in [2.75, 3.05) is 24.0 Å². The molecule has 0 bridgehead atoms. The standard InChI is InChI=1S/C19H22N2O4S/c1-2-25-19(22)20-13-11-15-7-9-17(10-8-15)26(23,24)21-14-12-16-5-3-4-6-18(16)21/h3-10H,2,11-14H2,1H3,(H,20,22). The van der Waals surface area contributed by atoms with Gasteiger partial charge in [0, 0.05) is 13.1 Å². The second-order valence-corrected chi connectivity index (χ2v) is 7.86. The highest BCUT2D eigenvalue weighted by atomic mass is 32.2. The zero-order valence-electron chi connectivity index (χ0n) is 14.6. The lowest BCUT2D eigenvalue weighted by atomic mass is 10.1. The Balaban J connectivity index is 1.67. The molecule has 3 rings (SSSR count). The molecule has 2 aromatic rings. The van der Waals surface area contributed by atoms with E-state index in [1.54, 1.807) is 31.2 Å². The van der Waals surface area contributed by atoms with Gasteiger partial charge >= 0.3 is 6.09 Å². The quantitative estimate of drug-likeness (QED) is 0.844. The van der Waals surface area contributed by atoms with Gasteiger partial charge in [0.25, 0.3) is 10.0 Å². The van der Waals surface area contributed by atoms with Gasteiger partial charge in [-0.2, -0.15) is 0 Å². The van der Waals surface area contributed by atoms with Crippen LogP contribution in [0.4, 0.5) is 10.5 Å². The lowest BCUT2D eigenvalue weighted by molar-refractivity contribution is 0.152. The molecule has 0 saturated heterocycles. The molecule has 1 aliphatic heterocycles. The summed E-state index contributed by atoms with van der Waals surface area (Å²) < 4.78 is 32.1. The molecule has 0 fully saturated rings. The Morgan fingerprint density at radius 1 is 1.15 bits per heavy atom. The van der Waals surface area contributed by atoms with Crippen LogP contribution in [-0.2, 0) is 27.6 Å². The van der Waals surface area contributed by atoms with E-state index >= 15 is 0 Å².